The van der Waals surface area contributed by atoms with E-state index < -0.39 is 6.09 Å². The summed E-state index contributed by atoms with van der Waals surface area (Å²) < 4.78 is 0. The van der Waals surface area contributed by atoms with Gasteiger partial charge in [-0.2, -0.15) is 0 Å². The molecule has 1 unspecified atom stereocenters. The number of rotatable bonds is 5. The molecular formula is C7H16N2O2. The summed E-state index contributed by atoms with van der Waals surface area (Å²) in [6.07, 6.45) is 0.937. The van der Waals surface area contributed by atoms with E-state index in [1.54, 1.807) is 0 Å². The molecule has 0 saturated carbocycles. The number of carboxylic acid groups (broad SMARTS) is 1. The van der Waals surface area contributed by atoms with Crippen molar-refractivity contribution in [2.45, 2.75) is 25.8 Å². The van der Waals surface area contributed by atoms with Gasteiger partial charge < -0.3 is 15.7 Å². The summed E-state index contributed by atoms with van der Waals surface area (Å²) in [7, 11) is 1.88. The zero-order chi connectivity index (χ0) is 8.69. The Hall–Kier alpha value is -0.770. The first-order valence-corrected chi connectivity index (χ1v) is 3.81. The monoisotopic (exact) mass is 160 g/mol. The summed E-state index contributed by atoms with van der Waals surface area (Å²) in [6.45, 7) is 2.80. The first-order valence-electron chi connectivity index (χ1n) is 3.81. The van der Waals surface area contributed by atoms with Crippen LogP contribution in [-0.4, -0.2) is 30.8 Å². The third-order valence-corrected chi connectivity index (χ3v) is 1.43. The fourth-order valence-electron chi connectivity index (χ4n) is 0.868. The number of hydrogen-bond donors (Lipinski definition) is 3. The summed E-state index contributed by atoms with van der Waals surface area (Å²) in [4.78, 5) is 10.1. The van der Waals surface area contributed by atoms with Crippen LogP contribution in [0.15, 0.2) is 0 Å². The lowest BCUT2D eigenvalue weighted by atomic mass is 10.2. The Morgan fingerprint density at radius 2 is 2.27 bits per heavy atom. The van der Waals surface area contributed by atoms with Crippen LogP contribution in [0.1, 0.15) is 19.8 Å². The van der Waals surface area contributed by atoms with Crippen LogP contribution in [0.2, 0.25) is 0 Å². The maximum Gasteiger partial charge on any atom is 0.404 e. The summed E-state index contributed by atoms with van der Waals surface area (Å²) in [5.41, 5.74) is 0. The summed E-state index contributed by atoms with van der Waals surface area (Å²) in [6, 6.07) is 0.0563. The molecule has 3 N–H and O–H groups in total. The Balaban J connectivity index is 3.22. The second kappa shape index (κ2) is 5.97. The number of amides is 1. The lowest BCUT2D eigenvalue weighted by molar-refractivity contribution is 0.190. The van der Waals surface area contributed by atoms with Crippen molar-refractivity contribution in [3.63, 3.8) is 0 Å². The van der Waals surface area contributed by atoms with Gasteiger partial charge >= 0.3 is 6.09 Å². The molecule has 0 aromatic heterocycles. The highest BCUT2D eigenvalue weighted by molar-refractivity contribution is 5.64. The molecule has 0 aliphatic heterocycles. The van der Waals surface area contributed by atoms with Gasteiger partial charge in [0.1, 0.15) is 0 Å². The van der Waals surface area contributed by atoms with Gasteiger partial charge in [0, 0.05) is 6.04 Å². The molecule has 11 heavy (non-hydrogen) atoms. The SMILES string of the molecule is CNCCCC(C)NC(=O)O. The second-order valence-corrected chi connectivity index (χ2v) is 2.60. The summed E-state index contributed by atoms with van der Waals surface area (Å²) in [5.74, 6) is 0. The summed E-state index contributed by atoms with van der Waals surface area (Å²) >= 11 is 0. The van der Waals surface area contributed by atoms with E-state index >= 15 is 0 Å². The van der Waals surface area contributed by atoms with Gasteiger partial charge in [-0.15, -0.1) is 0 Å². The van der Waals surface area contributed by atoms with Crippen molar-refractivity contribution in [3.05, 3.63) is 0 Å². The predicted molar refractivity (Wildman–Crippen MR) is 43.8 cm³/mol. The van der Waals surface area contributed by atoms with E-state index in [9.17, 15) is 4.79 Å². The van der Waals surface area contributed by atoms with Crippen molar-refractivity contribution in [3.8, 4) is 0 Å². The van der Waals surface area contributed by atoms with Crippen molar-refractivity contribution in [1.29, 1.82) is 0 Å². The molecule has 0 spiro atoms. The average molecular weight is 160 g/mol. The van der Waals surface area contributed by atoms with Crippen molar-refractivity contribution in [1.82, 2.24) is 10.6 Å². The number of hydrogen-bond acceptors (Lipinski definition) is 2. The van der Waals surface area contributed by atoms with Crippen LogP contribution in [0, 0.1) is 0 Å². The Morgan fingerprint density at radius 3 is 2.73 bits per heavy atom. The molecule has 0 aromatic carbocycles. The molecule has 0 aliphatic rings. The molecule has 1 amide bonds. The van der Waals surface area contributed by atoms with Crippen LogP contribution < -0.4 is 10.6 Å². The highest BCUT2D eigenvalue weighted by Crippen LogP contribution is 1.94. The largest absolute Gasteiger partial charge is 0.465 e. The average Bonchev–Trinajstić information content (AvgIpc) is 1.86. The minimum absolute atomic E-state index is 0.0563. The standard InChI is InChI=1S/C7H16N2O2/c1-6(9-7(10)11)4-3-5-8-2/h6,8-9H,3-5H2,1-2H3,(H,10,11). The van der Waals surface area contributed by atoms with Crippen molar-refractivity contribution >= 4 is 6.09 Å². The molecule has 4 nitrogen and oxygen atoms in total. The lowest BCUT2D eigenvalue weighted by Gasteiger charge is -2.09. The van der Waals surface area contributed by atoms with Gasteiger partial charge in [0.15, 0.2) is 0 Å². The van der Waals surface area contributed by atoms with E-state index in [1.807, 2.05) is 14.0 Å². The van der Waals surface area contributed by atoms with Gasteiger partial charge in [0.25, 0.3) is 0 Å². The first-order chi connectivity index (χ1) is 5.16. The minimum Gasteiger partial charge on any atom is -0.465 e. The van der Waals surface area contributed by atoms with Crippen molar-refractivity contribution in [2.24, 2.45) is 0 Å². The zero-order valence-electron chi connectivity index (χ0n) is 7.05. The third kappa shape index (κ3) is 7.12. The fraction of sp³-hybridized carbons (Fsp3) is 0.857. The molecule has 0 saturated heterocycles. The van der Waals surface area contributed by atoms with E-state index in [0.717, 1.165) is 19.4 Å². The van der Waals surface area contributed by atoms with Crippen LogP contribution in [-0.2, 0) is 0 Å². The highest BCUT2D eigenvalue weighted by Gasteiger charge is 2.02. The second-order valence-electron chi connectivity index (χ2n) is 2.60. The Labute approximate surface area is 67.0 Å². The van der Waals surface area contributed by atoms with E-state index in [-0.39, 0.29) is 6.04 Å². The van der Waals surface area contributed by atoms with E-state index in [1.165, 1.54) is 0 Å². The Kier molecular flexibility index (Phi) is 5.56. The molecule has 0 aliphatic carbocycles. The predicted octanol–water partition coefficient (Wildman–Crippen LogP) is 0.642. The molecule has 66 valence electrons. The van der Waals surface area contributed by atoms with Gasteiger partial charge in [-0.05, 0) is 33.4 Å². The molecular weight excluding hydrogens is 144 g/mol. The van der Waals surface area contributed by atoms with Crippen LogP contribution in [0.25, 0.3) is 0 Å². The molecule has 0 rings (SSSR count). The smallest absolute Gasteiger partial charge is 0.404 e. The van der Waals surface area contributed by atoms with Gasteiger partial charge in [0.05, 0.1) is 0 Å². The Bertz CT molecular complexity index is 117. The van der Waals surface area contributed by atoms with Gasteiger partial charge in [-0.3, -0.25) is 0 Å². The molecule has 4 heteroatoms. The Morgan fingerprint density at radius 1 is 1.64 bits per heavy atom. The van der Waals surface area contributed by atoms with Crippen LogP contribution >= 0.6 is 0 Å². The number of carbonyl (C=O) groups is 1. The molecule has 1 atom stereocenters. The lowest BCUT2D eigenvalue weighted by Crippen LogP contribution is -2.31. The van der Waals surface area contributed by atoms with Crippen LogP contribution in [0.3, 0.4) is 0 Å². The van der Waals surface area contributed by atoms with Crippen LogP contribution in [0.5, 0.6) is 0 Å². The topological polar surface area (TPSA) is 61.4 Å². The third-order valence-electron chi connectivity index (χ3n) is 1.43. The number of nitrogens with one attached hydrogen (secondary N) is 2. The van der Waals surface area contributed by atoms with Gasteiger partial charge in [-0.1, -0.05) is 0 Å². The zero-order valence-corrected chi connectivity index (χ0v) is 7.05. The van der Waals surface area contributed by atoms with Gasteiger partial charge in [0.2, 0.25) is 0 Å². The maximum atomic E-state index is 10.1. The van der Waals surface area contributed by atoms with E-state index in [4.69, 9.17) is 5.11 Å². The summed E-state index contributed by atoms with van der Waals surface area (Å²) in [5, 5.41) is 13.7. The normalized spacial score (nSPS) is 12.5. The van der Waals surface area contributed by atoms with E-state index in [2.05, 4.69) is 10.6 Å². The van der Waals surface area contributed by atoms with Crippen LogP contribution in [0.4, 0.5) is 4.79 Å². The molecule has 0 aromatic rings. The highest BCUT2D eigenvalue weighted by atomic mass is 16.4. The maximum absolute atomic E-state index is 10.1. The fourth-order valence-corrected chi connectivity index (χ4v) is 0.868. The van der Waals surface area contributed by atoms with Crippen molar-refractivity contribution in [2.75, 3.05) is 13.6 Å². The molecule has 0 bridgehead atoms. The van der Waals surface area contributed by atoms with Gasteiger partial charge in [-0.25, -0.2) is 4.79 Å². The quantitative estimate of drug-likeness (QED) is 0.517. The molecule has 0 heterocycles. The first kappa shape index (κ1) is 10.2. The van der Waals surface area contributed by atoms with Crippen molar-refractivity contribution < 1.29 is 9.90 Å². The minimum atomic E-state index is -0.943. The molecule has 0 radical (unpaired) electrons. The molecule has 0 fully saturated rings. The van der Waals surface area contributed by atoms with E-state index in [0.29, 0.717) is 0 Å².